The Bertz CT molecular complexity index is 974. The maximum atomic E-state index is 12.8. The van der Waals surface area contributed by atoms with Crippen molar-refractivity contribution in [3.05, 3.63) is 70.6 Å². The summed E-state index contributed by atoms with van der Waals surface area (Å²) in [6.45, 7) is 21.2. The minimum Gasteiger partial charge on any atom is -0.385 e. The molecule has 3 nitrogen and oxygen atoms in total. The first-order valence-corrected chi connectivity index (χ1v) is 13.6. The number of hydrogen-bond acceptors (Lipinski definition) is 3. The van der Waals surface area contributed by atoms with Crippen LogP contribution in [-0.4, -0.2) is 17.9 Å². The maximum Gasteiger partial charge on any atom is 0.416 e. The van der Waals surface area contributed by atoms with Crippen LogP contribution in [0.3, 0.4) is 0 Å². The number of nitrogens with one attached hydrogen (secondary N) is 1. The van der Waals surface area contributed by atoms with Gasteiger partial charge in [0.05, 0.1) is 17.7 Å². The summed E-state index contributed by atoms with van der Waals surface area (Å²) in [5.74, 6) is 1.19. The van der Waals surface area contributed by atoms with Crippen LogP contribution in [0.1, 0.15) is 108 Å². The van der Waals surface area contributed by atoms with Gasteiger partial charge in [-0.1, -0.05) is 63.1 Å². The summed E-state index contributed by atoms with van der Waals surface area (Å²) in [5.41, 5.74) is 3.17. The Morgan fingerprint density at radius 3 is 2.00 bits per heavy atom. The molecule has 2 aromatic rings. The summed E-state index contributed by atoms with van der Waals surface area (Å²) in [6, 6.07) is 4.83. The smallest absolute Gasteiger partial charge is 0.385 e. The second-order valence-electron chi connectivity index (χ2n) is 9.64. The van der Waals surface area contributed by atoms with Crippen molar-refractivity contribution in [2.45, 2.75) is 113 Å². The van der Waals surface area contributed by atoms with Crippen LogP contribution in [0.4, 0.5) is 32.0 Å². The third-order valence-corrected chi connectivity index (χ3v) is 5.35. The van der Waals surface area contributed by atoms with Crippen LogP contribution >= 0.6 is 0 Å². The standard InChI is InChI=1S/C13H16F3N.C7H11F3.C5H7NO.C3H8.C3H6/c1-8-4-3-5-17-12-7-11(13(14,15)16)9(2)6-10(8)12;1-3-6(2)4-5-7(8,9)10;1-4-3-5(2)7-6-4;2*1-3-2/h6-8,17H,3-5H2,1-2H3;4H,3,5H2,1-2H3;3H,1-2H3;3H2,1-2H3;3H,1H2,2H3/b;6-4+;;;. The molecule has 1 aliphatic rings. The number of benzene rings is 1. The van der Waals surface area contributed by atoms with Crippen LogP contribution in [0, 0.1) is 20.8 Å². The molecular weight excluding hydrogens is 530 g/mol. The lowest BCUT2D eigenvalue weighted by atomic mass is 9.92. The highest BCUT2D eigenvalue weighted by atomic mass is 19.4. The molecular formula is C31H48F6N2O. The zero-order valence-electron chi connectivity index (χ0n) is 25.5. The highest BCUT2D eigenvalue weighted by molar-refractivity contribution is 5.58. The molecule has 0 amide bonds. The zero-order valence-corrected chi connectivity index (χ0v) is 25.5. The number of alkyl halides is 6. The largest absolute Gasteiger partial charge is 0.416 e. The number of hydrogen-bond donors (Lipinski definition) is 1. The van der Waals surface area contributed by atoms with Crippen molar-refractivity contribution in [2.24, 2.45) is 0 Å². The number of anilines is 1. The van der Waals surface area contributed by atoms with Gasteiger partial charge in [0.1, 0.15) is 5.76 Å². The number of aromatic nitrogens is 1. The van der Waals surface area contributed by atoms with Crippen LogP contribution in [0.15, 0.2) is 47.0 Å². The van der Waals surface area contributed by atoms with Gasteiger partial charge in [0.15, 0.2) is 0 Å². The molecule has 1 atom stereocenters. The highest BCUT2D eigenvalue weighted by Crippen LogP contribution is 2.39. The molecule has 0 spiro atoms. The molecule has 3 rings (SSSR count). The van der Waals surface area contributed by atoms with E-state index in [1.165, 1.54) is 25.5 Å². The molecule has 1 aromatic heterocycles. The maximum absolute atomic E-state index is 12.8. The van der Waals surface area contributed by atoms with Crippen molar-refractivity contribution in [1.29, 1.82) is 0 Å². The van der Waals surface area contributed by atoms with Gasteiger partial charge in [-0.25, -0.2) is 0 Å². The van der Waals surface area contributed by atoms with Crippen LogP contribution in [0.25, 0.3) is 0 Å². The summed E-state index contributed by atoms with van der Waals surface area (Å²) in [7, 11) is 0. The molecule has 0 saturated heterocycles. The van der Waals surface area contributed by atoms with Gasteiger partial charge in [0.25, 0.3) is 0 Å². The summed E-state index contributed by atoms with van der Waals surface area (Å²) in [6.07, 6.45) is -2.18. The number of nitrogens with zero attached hydrogens (tertiary/aromatic N) is 1. The fourth-order valence-corrected chi connectivity index (χ4v) is 3.31. The molecule has 9 heteroatoms. The van der Waals surface area contributed by atoms with E-state index >= 15 is 0 Å². The Morgan fingerprint density at radius 1 is 1.07 bits per heavy atom. The van der Waals surface area contributed by atoms with Crippen LogP contribution in [-0.2, 0) is 6.18 Å². The second-order valence-corrected chi connectivity index (χ2v) is 9.64. The summed E-state index contributed by atoms with van der Waals surface area (Å²) < 4.78 is 77.6. The fourth-order valence-electron chi connectivity index (χ4n) is 3.31. The summed E-state index contributed by atoms with van der Waals surface area (Å²) in [4.78, 5) is 0. The quantitative estimate of drug-likeness (QED) is 0.284. The number of allylic oxidation sites excluding steroid dienone is 3. The van der Waals surface area contributed by atoms with Gasteiger partial charge in [0.2, 0.25) is 0 Å². The summed E-state index contributed by atoms with van der Waals surface area (Å²) >= 11 is 0. The van der Waals surface area contributed by atoms with Crippen molar-refractivity contribution < 1.29 is 30.9 Å². The minimum atomic E-state index is -4.27. The van der Waals surface area contributed by atoms with Crippen molar-refractivity contribution >= 4 is 5.69 Å². The Balaban J connectivity index is 0. The van der Waals surface area contributed by atoms with Crippen molar-refractivity contribution in [1.82, 2.24) is 5.16 Å². The van der Waals surface area contributed by atoms with Crippen molar-refractivity contribution in [3.8, 4) is 0 Å². The van der Waals surface area contributed by atoms with E-state index in [9.17, 15) is 26.3 Å². The molecule has 0 fully saturated rings. The lowest BCUT2D eigenvalue weighted by molar-refractivity contribution is -0.138. The number of fused-ring (bicyclic) bond motifs is 1. The van der Waals surface area contributed by atoms with E-state index in [4.69, 9.17) is 4.52 Å². The van der Waals surface area contributed by atoms with Gasteiger partial charge in [-0.3, -0.25) is 0 Å². The molecule has 0 aliphatic carbocycles. The van der Waals surface area contributed by atoms with E-state index in [0.717, 1.165) is 42.0 Å². The Morgan fingerprint density at radius 2 is 1.62 bits per heavy atom. The van der Waals surface area contributed by atoms with E-state index in [-0.39, 0.29) is 0 Å². The van der Waals surface area contributed by atoms with Crippen LogP contribution in [0.2, 0.25) is 0 Å². The molecule has 1 aromatic carbocycles. The Kier molecular flexibility index (Phi) is 19.9. The molecule has 1 unspecified atom stereocenters. The first kappa shape index (κ1) is 39.4. The molecule has 0 saturated carbocycles. The third kappa shape index (κ3) is 18.6. The van der Waals surface area contributed by atoms with Crippen molar-refractivity contribution in [2.75, 3.05) is 11.9 Å². The lowest BCUT2D eigenvalue weighted by Gasteiger charge is -2.18. The van der Waals surface area contributed by atoms with Crippen LogP contribution < -0.4 is 5.32 Å². The van der Waals surface area contributed by atoms with E-state index < -0.39 is 24.3 Å². The van der Waals surface area contributed by atoms with Gasteiger partial charge in [-0.15, -0.1) is 6.58 Å². The first-order valence-electron chi connectivity index (χ1n) is 13.6. The molecule has 1 aliphatic heterocycles. The first-order chi connectivity index (χ1) is 18.5. The predicted octanol–water partition coefficient (Wildman–Crippen LogP) is 11.5. The van der Waals surface area contributed by atoms with E-state index in [0.29, 0.717) is 23.6 Å². The Labute approximate surface area is 237 Å². The fraction of sp³-hybridized carbons (Fsp3) is 0.581. The van der Waals surface area contributed by atoms with Gasteiger partial charge >= 0.3 is 12.4 Å². The van der Waals surface area contributed by atoms with E-state index in [1.807, 2.05) is 33.8 Å². The molecule has 40 heavy (non-hydrogen) atoms. The van der Waals surface area contributed by atoms with Gasteiger partial charge < -0.3 is 9.84 Å². The minimum absolute atomic E-state index is 0.312. The number of aryl methyl sites for hydroxylation is 3. The van der Waals surface area contributed by atoms with Gasteiger partial charge in [-0.05, 0) is 77.0 Å². The van der Waals surface area contributed by atoms with Crippen LogP contribution in [0.5, 0.6) is 0 Å². The second kappa shape index (κ2) is 20.2. The average molecular weight is 579 g/mol. The summed E-state index contributed by atoms with van der Waals surface area (Å²) in [5, 5.41) is 6.74. The molecule has 0 radical (unpaired) electrons. The van der Waals surface area contributed by atoms with E-state index in [2.05, 4.69) is 37.8 Å². The van der Waals surface area contributed by atoms with E-state index in [1.54, 1.807) is 19.1 Å². The average Bonchev–Trinajstić information content (AvgIpc) is 3.13. The topological polar surface area (TPSA) is 38.1 Å². The highest BCUT2D eigenvalue weighted by Gasteiger charge is 2.33. The monoisotopic (exact) mass is 578 g/mol. The SMILES string of the molecule is C=CC.CC/C(C)=C/CC(F)(F)F.CCC.Cc1cc(C)on1.Cc1cc2c(cc1C(F)(F)F)NCCCC2C. The zero-order chi connectivity index (χ0) is 31.5. The molecule has 1 N–H and O–H groups in total. The lowest BCUT2D eigenvalue weighted by Crippen LogP contribution is -2.10. The predicted molar refractivity (Wildman–Crippen MR) is 155 cm³/mol. The third-order valence-electron chi connectivity index (χ3n) is 5.35. The van der Waals surface area contributed by atoms with Gasteiger partial charge in [0, 0.05) is 18.3 Å². The Hall–Kier alpha value is -2.71. The van der Waals surface area contributed by atoms with Gasteiger partial charge in [-0.2, -0.15) is 26.3 Å². The van der Waals surface area contributed by atoms with Crippen molar-refractivity contribution in [3.63, 3.8) is 0 Å². The molecule has 2 heterocycles. The molecule has 0 bridgehead atoms. The normalized spacial score (nSPS) is 14.6. The number of halogens is 6. The molecule has 230 valence electrons. The number of rotatable bonds is 2.